The van der Waals surface area contributed by atoms with Gasteiger partial charge < -0.3 is 24.4 Å². The molecule has 9 nitrogen and oxygen atoms in total. The van der Waals surface area contributed by atoms with E-state index in [9.17, 15) is 14.4 Å². The minimum absolute atomic E-state index is 0.140. The normalized spacial score (nSPS) is 19.7. The lowest BCUT2D eigenvalue weighted by molar-refractivity contribution is -0.169. The number of nitrogens with zero attached hydrogens (tertiary/aromatic N) is 2. The molecule has 2 heterocycles. The Bertz CT molecular complexity index is 1430. The number of nitrogens with one attached hydrogen (secondary N) is 1. The Morgan fingerprint density at radius 3 is 2.48 bits per heavy atom. The molecule has 3 aromatic carbocycles. The number of fused-ring (bicyclic) bond motifs is 1. The minimum atomic E-state index is -1.02. The lowest BCUT2D eigenvalue weighted by Crippen LogP contribution is -2.46. The van der Waals surface area contributed by atoms with Crippen LogP contribution in [-0.2, 0) is 30.2 Å². The van der Waals surface area contributed by atoms with E-state index in [4.69, 9.17) is 14.2 Å². The van der Waals surface area contributed by atoms with Crippen LogP contribution in [0.15, 0.2) is 66.7 Å². The SMILES string of the molecule is CCOC(=O)Cc1ccc(N2CC[C@H](N(C(=O)OC(C)OC(=O)[C@@H]3CCCCN3)[C@H](C)c3cccc4ccccc34)C2)cc1. The quantitative estimate of drug-likeness (QED) is 0.232. The summed E-state index contributed by atoms with van der Waals surface area (Å²) in [6, 6.07) is 21.4. The molecule has 0 bridgehead atoms. The summed E-state index contributed by atoms with van der Waals surface area (Å²) in [7, 11) is 0. The second kappa shape index (κ2) is 14.6. The lowest BCUT2D eigenvalue weighted by Gasteiger charge is -2.35. The van der Waals surface area contributed by atoms with Crippen LogP contribution in [0.5, 0.6) is 0 Å². The summed E-state index contributed by atoms with van der Waals surface area (Å²) in [5.41, 5.74) is 2.94. The number of amides is 1. The van der Waals surface area contributed by atoms with Gasteiger partial charge in [0, 0.05) is 25.7 Å². The van der Waals surface area contributed by atoms with Gasteiger partial charge in [-0.1, -0.05) is 61.0 Å². The molecule has 0 aliphatic carbocycles. The van der Waals surface area contributed by atoms with Crippen molar-refractivity contribution in [2.24, 2.45) is 0 Å². The van der Waals surface area contributed by atoms with Crippen LogP contribution in [0, 0.1) is 0 Å². The first-order valence-electron chi connectivity index (χ1n) is 15.7. The standard InChI is InChI=1S/C35H43N3O6/c1-4-42-33(39)22-26-15-17-28(18-16-26)37-21-19-29(23-37)38(24(2)30-13-9-11-27-10-5-6-12-31(27)30)35(41)44-25(3)43-34(40)32-14-7-8-20-36-32/h5-6,9-13,15-18,24-25,29,32,36H,4,7-8,14,19-23H2,1-3H3/t24-,25?,29+,32+/m1/s1. The zero-order chi connectivity index (χ0) is 31.1. The van der Waals surface area contributed by atoms with Gasteiger partial charge in [0.1, 0.15) is 6.04 Å². The Morgan fingerprint density at radius 2 is 1.73 bits per heavy atom. The second-order valence-electron chi connectivity index (χ2n) is 11.6. The molecule has 2 fully saturated rings. The number of ether oxygens (including phenoxy) is 3. The van der Waals surface area contributed by atoms with Crippen LogP contribution >= 0.6 is 0 Å². The van der Waals surface area contributed by atoms with Crippen molar-refractivity contribution in [2.75, 3.05) is 31.1 Å². The molecule has 234 valence electrons. The van der Waals surface area contributed by atoms with Crippen molar-refractivity contribution in [3.63, 3.8) is 0 Å². The third-order valence-electron chi connectivity index (χ3n) is 8.56. The predicted molar refractivity (Wildman–Crippen MR) is 169 cm³/mol. The fourth-order valence-electron chi connectivity index (χ4n) is 6.32. The fraction of sp³-hybridized carbons (Fsp3) is 0.457. The monoisotopic (exact) mass is 601 g/mol. The van der Waals surface area contributed by atoms with Crippen LogP contribution < -0.4 is 10.2 Å². The first kappa shape index (κ1) is 31.3. The largest absolute Gasteiger partial charge is 0.466 e. The van der Waals surface area contributed by atoms with Crippen molar-refractivity contribution >= 4 is 34.5 Å². The lowest BCUT2D eigenvalue weighted by atomic mass is 9.97. The van der Waals surface area contributed by atoms with Gasteiger partial charge >= 0.3 is 18.0 Å². The first-order valence-corrected chi connectivity index (χ1v) is 15.7. The van der Waals surface area contributed by atoms with Crippen LogP contribution in [0.2, 0.25) is 0 Å². The number of esters is 2. The van der Waals surface area contributed by atoms with E-state index in [0.717, 1.165) is 59.9 Å². The van der Waals surface area contributed by atoms with E-state index in [2.05, 4.69) is 34.5 Å². The molecule has 5 rings (SSSR count). The van der Waals surface area contributed by atoms with E-state index < -0.39 is 18.4 Å². The number of hydrogen-bond donors (Lipinski definition) is 1. The molecule has 2 saturated heterocycles. The van der Waals surface area contributed by atoms with Crippen LogP contribution in [-0.4, -0.2) is 67.5 Å². The van der Waals surface area contributed by atoms with Crippen molar-refractivity contribution in [1.29, 1.82) is 0 Å². The zero-order valence-electron chi connectivity index (χ0n) is 25.9. The summed E-state index contributed by atoms with van der Waals surface area (Å²) in [5, 5.41) is 5.37. The molecule has 44 heavy (non-hydrogen) atoms. The van der Waals surface area contributed by atoms with Crippen molar-refractivity contribution in [3.8, 4) is 0 Å². The molecule has 0 saturated carbocycles. The molecule has 1 unspecified atom stereocenters. The zero-order valence-corrected chi connectivity index (χ0v) is 25.9. The van der Waals surface area contributed by atoms with Crippen LogP contribution in [0.1, 0.15) is 63.6 Å². The smallest absolute Gasteiger partial charge is 0.413 e. The summed E-state index contributed by atoms with van der Waals surface area (Å²) >= 11 is 0. The summed E-state index contributed by atoms with van der Waals surface area (Å²) < 4.78 is 16.4. The maximum atomic E-state index is 13.9. The average molecular weight is 602 g/mol. The first-order chi connectivity index (χ1) is 21.3. The van der Waals surface area contributed by atoms with E-state index in [-0.39, 0.29) is 30.5 Å². The van der Waals surface area contributed by atoms with E-state index in [1.165, 1.54) is 0 Å². The van der Waals surface area contributed by atoms with Gasteiger partial charge in [0.15, 0.2) is 0 Å². The highest BCUT2D eigenvalue weighted by molar-refractivity contribution is 5.86. The van der Waals surface area contributed by atoms with Crippen molar-refractivity contribution in [3.05, 3.63) is 77.9 Å². The average Bonchev–Trinajstić information content (AvgIpc) is 3.51. The highest BCUT2D eigenvalue weighted by atomic mass is 16.7. The van der Waals surface area contributed by atoms with Gasteiger partial charge in [0.05, 0.1) is 25.1 Å². The highest BCUT2D eigenvalue weighted by Crippen LogP contribution is 2.34. The molecular weight excluding hydrogens is 558 g/mol. The Morgan fingerprint density at radius 1 is 0.955 bits per heavy atom. The Hall–Kier alpha value is -4.11. The van der Waals surface area contributed by atoms with E-state index in [0.29, 0.717) is 19.6 Å². The van der Waals surface area contributed by atoms with Crippen LogP contribution in [0.3, 0.4) is 0 Å². The molecule has 4 atom stereocenters. The van der Waals surface area contributed by atoms with Gasteiger partial charge in [-0.2, -0.15) is 0 Å². The number of carbonyl (C=O) groups excluding carboxylic acids is 3. The summed E-state index contributed by atoms with van der Waals surface area (Å²) in [6.07, 6.45) is 2.15. The predicted octanol–water partition coefficient (Wildman–Crippen LogP) is 5.76. The molecule has 0 aromatic heterocycles. The number of hydrogen-bond acceptors (Lipinski definition) is 8. The molecule has 3 aromatic rings. The minimum Gasteiger partial charge on any atom is -0.466 e. The third-order valence-corrected chi connectivity index (χ3v) is 8.56. The van der Waals surface area contributed by atoms with Gasteiger partial charge in [-0.05, 0) is 73.7 Å². The Kier molecular flexibility index (Phi) is 10.4. The molecule has 1 amide bonds. The molecule has 2 aliphatic heterocycles. The Balaban J connectivity index is 1.33. The number of benzene rings is 3. The molecular formula is C35H43N3O6. The summed E-state index contributed by atoms with van der Waals surface area (Å²) in [5.74, 6) is -0.634. The maximum absolute atomic E-state index is 13.9. The fourth-order valence-corrected chi connectivity index (χ4v) is 6.32. The molecule has 9 heteroatoms. The van der Waals surface area contributed by atoms with Crippen molar-refractivity contribution in [2.45, 2.75) is 77.3 Å². The van der Waals surface area contributed by atoms with Crippen LogP contribution in [0.4, 0.5) is 10.5 Å². The van der Waals surface area contributed by atoms with E-state index in [1.807, 2.05) is 49.4 Å². The summed E-state index contributed by atoms with van der Waals surface area (Å²) in [4.78, 5) is 42.6. The number of anilines is 1. The maximum Gasteiger partial charge on any atom is 0.413 e. The van der Waals surface area contributed by atoms with Crippen molar-refractivity contribution in [1.82, 2.24) is 10.2 Å². The number of piperidine rings is 1. The topological polar surface area (TPSA) is 97.4 Å². The number of rotatable bonds is 10. The Labute approximate surface area is 259 Å². The molecule has 1 N–H and O–H groups in total. The molecule has 0 radical (unpaired) electrons. The third kappa shape index (κ3) is 7.50. The molecule has 0 spiro atoms. The van der Waals surface area contributed by atoms with Gasteiger partial charge in [0.25, 0.3) is 0 Å². The second-order valence-corrected chi connectivity index (χ2v) is 11.6. The molecule has 2 aliphatic rings. The van der Waals surface area contributed by atoms with E-state index in [1.54, 1.807) is 18.7 Å². The highest BCUT2D eigenvalue weighted by Gasteiger charge is 2.37. The van der Waals surface area contributed by atoms with Gasteiger partial charge in [-0.25, -0.2) is 4.79 Å². The van der Waals surface area contributed by atoms with Gasteiger partial charge in [-0.15, -0.1) is 0 Å². The summed E-state index contributed by atoms with van der Waals surface area (Å²) in [6.45, 7) is 7.93. The van der Waals surface area contributed by atoms with Gasteiger partial charge in [0.2, 0.25) is 6.29 Å². The van der Waals surface area contributed by atoms with Crippen LogP contribution in [0.25, 0.3) is 10.8 Å². The van der Waals surface area contributed by atoms with Crippen molar-refractivity contribution < 1.29 is 28.6 Å². The van der Waals surface area contributed by atoms with Gasteiger partial charge in [-0.3, -0.25) is 14.5 Å². The number of carbonyl (C=O) groups is 3. The van der Waals surface area contributed by atoms with E-state index >= 15 is 0 Å².